The van der Waals surface area contributed by atoms with Gasteiger partial charge < -0.3 is 11.1 Å². The number of unbranched alkanes of at least 4 members (excludes halogenated alkanes) is 3. The second kappa shape index (κ2) is 9.38. The van der Waals surface area contributed by atoms with E-state index in [1.807, 2.05) is 0 Å². The summed E-state index contributed by atoms with van der Waals surface area (Å²) in [6.45, 7) is 7.56. The Morgan fingerprint density at radius 3 is 2.55 bits per heavy atom. The van der Waals surface area contributed by atoms with Gasteiger partial charge in [-0.05, 0) is 37.5 Å². The van der Waals surface area contributed by atoms with Crippen LogP contribution in [0.2, 0.25) is 0 Å². The summed E-state index contributed by atoms with van der Waals surface area (Å²) in [6, 6.07) is 0.301. The lowest BCUT2D eigenvalue weighted by atomic mass is 9.78. The molecule has 1 aliphatic carbocycles. The lowest BCUT2D eigenvalue weighted by molar-refractivity contribution is -0.127. The zero-order valence-electron chi connectivity index (χ0n) is 13.7. The maximum atomic E-state index is 12.1. The Balaban J connectivity index is 2.05. The van der Waals surface area contributed by atoms with Crippen molar-refractivity contribution in [2.45, 2.75) is 78.2 Å². The van der Waals surface area contributed by atoms with E-state index in [1.165, 1.54) is 25.7 Å². The number of amides is 1. The smallest absolute Gasteiger partial charge is 0.223 e. The van der Waals surface area contributed by atoms with Crippen LogP contribution in [0.1, 0.15) is 72.1 Å². The second-order valence-corrected chi connectivity index (χ2v) is 7.04. The first-order chi connectivity index (χ1) is 9.50. The number of carbonyl (C=O) groups excluding carboxylic acids is 1. The summed E-state index contributed by atoms with van der Waals surface area (Å²) in [5, 5.41) is 3.12. The van der Waals surface area contributed by atoms with Crippen molar-refractivity contribution in [1.82, 2.24) is 5.32 Å². The molecule has 0 bridgehead atoms. The molecular weight excluding hydrogens is 248 g/mol. The van der Waals surface area contributed by atoms with Crippen molar-refractivity contribution in [1.29, 1.82) is 0 Å². The van der Waals surface area contributed by atoms with Gasteiger partial charge in [0, 0.05) is 18.5 Å². The fourth-order valence-corrected chi connectivity index (χ4v) is 3.20. The predicted octanol–water partition coefficient (Wildman–Crippen LogP) is 3.47. The van der Waals surface area contributed by atoms with Crippen LogP contribution in [-0.4, -0.2) is 18.5 Å². The molecule has 1 rings (SSSR count). The van der Waals surface area contributed by atoms with Crippen LogP contribution in [0.25, 0.3) is 0 Å². The molecule has 0 aromatic carbocycles. The lowest BCUT2D eigenvalue weighted by Gasteiger charge is -2.31. The predicted molar refractivity (Wildman–Crippen MR) is 85.4 cm³/mol. The van der Waals surface area contributed by atoms with Gasteiger partial charge >= 0.3 is 0 Å². The minimum atomic E-state index is 0.191. The summed E-state index contributed by atoms with van der Waals surface area (Å²) in [5.41, 5.74) is 5.95. The molecule has 3 atom stereocenters. The van der Waals surface area contributed by atoms with E-state index in [9.17, 15) is 4.79 Å². The molecule has 3 N–H and O–H groups in total. The van der Waals surface area contributed by atoms with E-state index in [0.717, 1.165) is 38.1 Å². The monoisotopic (exact) mass is 282 g/mol. The first-order valence-corrected chi connectivity index (χ1v) is 8.54. The average Bonchev–Trinajstić information content (AvgIpc) is 2.37. The van der Waals surface area contributed by atoms with E-state index >= 15 is 0 Å². The van der Waals surface area contributed by atoms with Crippen molar-refractivity contribution in [3.8, 4) is 0 Å². The van der Waals surface area contributed by atoms with Crippen LogP contribution >= 0.6 is 0 Å². The molecule has 1 amide bonds. The molecule has 118 valence electrons. The molecule has 0 aromatic rings. The molecule has 20 heavy (non-hydrogen) atoms. The van der Waals surface area contributed by atoms with Gasteiger partial charge in [-0.1, -0.05) is 46.5 Å². The third kappa shape index (κ3) is 6.74. The van der Waals surface area contributed by atoms with Crippen LogP contribution in [0, 0.1) is 17.8 Å². The molecule has 1 aliphatic rings. The van der Waals surface area contributed by atoms with Crippen molar-refractivity contribution in [2.24, 2.45) is 23.5 Å². The highest BCUT2D eigenvalue weighted by atomic mass is 16.1. The Labute approximate surface area is 125 Å². The Morgan fingerprint density at radius 2 is 1.90 bits per heavy atom. The van der Waals surface area contributed by atoms with E-state index in [2.05, 4.69) is 26.1 Å². The van der Waals surface area contributed by atoms with Crippen molar-refractivity contribution in [3.63, 3.8) is 0 Å². The van der Waals surface area contributed by atoms with Gasteiger partial charge in [-0.25, -0.2) is 0 Å². The first kappa shape index (κ1) is 17.5. The van der Waals surface area contributed by atoms with Crippen LogP contribution in [-0.2, 0) is 4.79 Å². The van der Waals surface area contributed by atoms with Crippen molar-refractivity contribution in [2.75, 3.05) is 6.54 Å². The molecule has 0 aliphatic heterocycles. The van der Waals surface area contributed by atoms with Gasteiger partial charge in [-0.3, -0.25) is 4.79 Å². The topological polar surface area (TPSA) is 55.1 Å². The number of hydrogen-bond acceptors (Lipinski definition) is 2. The normalized spacial score (nSPS) is 26.8. The second-order valence-electron chi connectivity index (χ2n) is 7.04. The minimum Gasteiger partial charge on any atom is -0.356 e. The summed E-state index contributed by atoms with van der Waals surface area (Å²) >= 11 is 0. The number of hydrogen-bond donors (Lipinski definition) is 2. The highest BCUT2D eigenvalue weighted by Crippen LogP contribution is 2.29. The first-order valence-electron chi connectivity index (χ1n) is 8.54. The SMILES string of the molecule is CC(C)CCCCCCNC(=O)C1CCC(N)CC1C. The molecule has 0 radical (unpaired) electrons. The Kier molecular flexibility index (Phi) is 8.20. The van der Waals surface area contributed by atoms with Gasteiger partial charge in [0.2, 0.25) is 5.91 Å². The fourth-order valence-electron chi connectivity index (χ4n) is 3.20. The summed E-state index contributed by atoms with van der Waals surface area (Å²) in [7, 11) is 0. The molecule has 0 heterocycles. The average molecular weight is 282 g/mol. The maximum absolute atomic E-state index is 12.1. The van der Waals surface area contributed by atoms with Crippen LogP contribution in [0.5, 0.6) is 0 Å². The Morgan fingerprint density at radius 1 is 1.20 bits per heavy atom. The van der Waals surface area contributed by atoms with Gasteiger partial charge in [0.05, 0.1) is 0 Å². The van der Waals surface area contributed by atoms with Crippen LogP contribution < -0.4 is 11.1 Å². The Hall–Kier alpha value is -0.570. The number of carbonyl (C=O) groups is 1. The largest absolute Gasteiger partial charge is 0.356 e. The number of nitrogens with one attached hydrogen (secondary N) is 1. The van der Waals surface area contributed by atoms with Crippen LogP contribution in [0.4, 0.5) is 0 Å². The molecular formula is C17H34N2O. The van der Waals surface area contributed by atoms with Gasteiger partial charge in [0.15, 0.2) is 0 Å². The van der Waals surface area contributed by atoms with Crippen molar-refractivity contribution >= 4 is 5.91 Å². The van der Waals surface area contributed by atoms with E-state index in [4.69, 9.17) is 5.73 Å². The third-order valence-electron chi connectivity index (χ3n) is 4.55. The van der Waals surface area contributed by atoms with E-state index in [0.29, 0.717) is 12.0 Å². The lowest BCUT2D eigenvalue weighted by Crippen LogP contribution is -2.41. The quantitative estimate of drug-likeness (QED) is 0.670. The van der Waals surface area contributed by atoms with Gasteiger partial charge in [0.25, 0.3) is 0 Å². The maximum Gasteiger partial charge on any atom is 0.223 e. The van der Waals surface area contributed by atoms with E-state index < -0.39 is 0 Å². The van der Waals surface area contributed by atoms with Crippen molar-refractivity contribution < 1.29 is 4.79 Å². The van der Waals surface area contributed by atoms with Crippen molar-refractivity contribution in [3.05, 3.63) is 0 Å². The van der Waals surface area contributed by atoms with Gasteiger partial charge in [0.1, 0.15) is 0 Å². The zero-order valence-corrected chi connectivity index (χ0v) is 13.7. The summed E-state index contributed by atoms with van der Waals surface area (Å²) in [4.78, 5) is 12.1. The molecule has 3 nitrogen and oxygen atoms in total. The molecule has 1 fully saturated rings. The molecule has 0 aromatic heterocycles. The van der Waals surface area contributed by atoms with E-state index in [1.54, 1.807) is 0 Å². The van der Waals surface area contributed by atoms with Crippen LogP contribution in [0.3, 0.4) is 0 Å². The fraction of sp³-hybridized carbons (Fsp3) is 0.941. The molecule has 3 heteroatoms. The number of rotatable bonds is 8. The Bertz CT molecular complexity index is 278. The number of nitrogens with two attached hydrogens (primary N) is 1. The zero-order chi connectivity index (χ0) is 15.0. The van der Waals surface area contributed by atoms with Gasteiger partial charge in [-0.2, -0.15) is 0 Å². The highest BCUT2D eigenvalue weighted by Gasteiger charge is 2.30. The summed E-state index contributed by atoms with van der Waals surface area (Å²) in [5.74, 6) is 1.70. The highest BCUT2D eigenvalue weighted by molar-refractivity contribution is 5.79. The van der Waals surface area contributed by atoms with Gasteiger partial charge in [-0.15, -0.1) is 0 Å². The van der Waals surface area contributed by atoms with E-state index in [-0.39, 0.29) is 11.8 Å². The molecule has 1 saturated carbocycles. The third-order valence-corrected chi connectivity index (χ3v) is 4.55. The standard InChI is InChI=1S/C17H34N2O/c1-13(2)8-6-4-5-7-11-19-17(20)16-10-9-15(18)12-14(16)3/h13-16H,4-12,18H2,1-3H3,(H,19,20). The summed E-state index contributed by atoms with van der Waals surface area (Å²) in [6.07, 6.45) is 9.24. The van der Waals surface area contributed by atoms with Crippen LogP contribution in [0.15, 0.2) is 0 Å². The summed E-state index contributed by atoms with van der Waals surface area (Å²) < 4.78 is 0. The molecule has 3 unspecified atom stereocenters. The molecule has 0 saturated heterocycles. The minimum absolute atomic E-state index is 0.191. The molecule has 0 spiro atoms.